The molecule has 0 radical (unpaired) electrons. The smallest absolute Gasteiger partial charge is 0.163 e. The maximum Gasteiger partial charge on any atom is 0.163 e. The molecule has 20 heavy (non-hydrogen) atoms. The molecular formula is C17H20O3. The van der Waals surface area contributed by atoms with Crippen molar-refractivity contribution in [3.8, 4) is 5.75 Å². The summed E-state index contributed by atoms with van der Waals surface area (Å²) in [5.74, 6) is 0.665. The molecule has 0 aromatic heterocycles. The number of Topliss-reactive ketones (excluding diaryl/α,β-unsaturated/α-hetero) is 1. The first-order valence-electron chi connectivity index (χ1n) is 6.86. The molecule has 0 bridgehead atoms. The van der Waals surface area contributed by atoms with Crippen LogP contribution >= 0.6 is 0 Å². The van der Waals surface area contributed by atoms with Gasteiger partial charge in [0.25, 0.3) is 0 Å². The van der Waals surface area contributed by atoms with Gasteiger partial charge in [-0.05, 0) is 32.2 Å². The van der Waals surface area contributed by atoms with E-state index >= 15 is 0 Å². The summed E-state index contributed by atoms with van der Waals surface area (Å²) in [6.45, 7) is 6.48. The van der Waals surface area contributed by atoms with Gasteiger partial charge in [0, 0.05) is 5.39 Å². The molecule has 3 nitrogen and oxygen atoms in total. The summed E-state index contributed by atoms with van der Waals surface area (Å²) in [4.78, 5) is 11.7. The Hall–Kier alpha value is -1.87. The largest absolute Gasteiger partial charge is 0.490 e. The van der Waals surface area contributed by atoms with E-state index in [1.165, 1.54) is 0 Å². The van der Waals surface area contributed by atoms with Crippen LogP contribution in [-0.2, 0) is 4.74 Å². The standard InChI is InChI=1S/C17H20O3/c1-12(2)19-10-11-20-17-15(13(3)18)9-8-14-6-4-5-7-16(14)17/h4-9,12H,10-11H2,1-3H3. The van der Waals surface area contributed by atoms with E-state index in [0.29, 0.717) is 24.5 Å². The maximum absolute atomic E-state index is 11.7. The van der Waals surface area contributed by atoms with Gasteiger partial charge in [0.2, 0.25) is 0 Å². The third kappa shape index (κ3) is 3.36. The van der Waals surface area contributed by atoms with Crippen molar-refractivity contribution in [2.75, 3.05) is 13.2 Å². The van der Waals surface area contributed by atoms with Crippen LogP contribution in [0.25, 0.3) is 10.8 Å². The van der Waals surface area contributed by atoms with E-state index in [-0.39, 0.29) is 11.9 Å². The van der Waals surface area contributed by atoms with Crippen molar-refractivity contribution in [2.24, 2.45) is 0 Å². The second kappa shape index (κ2) is 6.53. The molecule has 0 fully saturated rings. The molecule has 2 rings (SSSR count). The molecule has 0 atom stereocenters. The van der Waals surface area contributed by atoms with Crippen molar-refractivity contribution in [1.29, 1.82) is 0 Å². The van der Waals surface area contributed by atoms with Gasteiger partial charge in [-0.25, -0.2) is 0 Å². The molecule has 0 saturated heterocycles. The summed E-state index contributed by atoms with van der Waals surface area (Å²) in [5, 5.41) is 2.03. The van der Waals surface area contributed by atoms with Crippen LogP contribution in [0.2, 0.25) is 0 Å². The summed E-state index contributed by atoms with van der Waals surface area (Å²) in [5.41, 5.74) is 0.619. The Bertz CT molecular complexity index is 602. The fourth-order valence-electron chi connectivity index (χ4n) is 2.10. The van der Waals surface area contributed by atoms with Crippen LogP contribution in [-0.4, -0.2) is 25.1 Å². The number of carbonyl (C=O) groups is 1. The average Bonchev–Trinajstić information content (AvgIpc) is 2.42. The van der Waals surface area contributed by atoms with E-state index in [4.69, 9.17) is 9.47 Å². The molecule has 0 heterocycles. The predicted octanol–water partition coefficient (Wildman–Crippen LogP) is 3.85. The van der Waals surface area contributed by atoms with Crippen molar-refractivity contribution in [1.82, 2.24) is 0 Å². The molecule has 0 N–H and O–H groups in total. The van der Waals surface area contributed by atoms with Gasteiger partial charge >= 0.3 is 0 Å². The first-order chi connectivity index (χ1) is 9.59. The lowest BCUT2D eigenvalue weighted by Gasteiger charge is -2.14. The minimum Gasteiger partial charge on any atom is -0.490 e. The summed E-state index contributed by atoms with van der Waals surface area (Å²) in [7, 11) is 0. The third-order valence-corrected chi connectivity index (χ3v) is 3.04. The minimum absolute atomic E-state index is 0.00975. The summed E-state index contributed by atoms with van der Waals surface area (Å²) >= 11 is 0. The number of ether oxygens (including phenoxy) is 2. The van der Waals surface area contributed by atoms with Gasteiger partial charge in [-0.3, -0.25) is 4.79 Å². The topological polar surface area (TPSA) is 35.5 Å². The first kappa shape index (κ1) is 14.5. The van der Waals surface area contributed by atoms with Crippen LogP contribution in [0.15, 0.2) is 36.4 Å². The number of ketones is 1. The minimum atomic E-state index is 0.00975. The Balaban J connectivity index is 2.28. The van der Waals surface area contributed by atoms with Gasteiger partial charge < -0.3 is 9.47 Å². The van der Waals surface area contributed by atoms with Gasteiger partial charge in [0.05, 0.1) is 18.3 Å². The Morgan fingerprint density at radius 3 is 2.55 bits per heavy atom. The first-order valence-corrected chi connectivity index (χ1v) is 6.86. The molecule has 0 unspecified atom stereocenters. The molecule has 2 aromatic carbocycles. The summed E-state index contributed by atoms with van der Waals surface area (Å²) in [6.07, 6.45) is 0.179. The highest BCUT2D eigenvalue weighted by molar-refractivity contribution is 6.03. The van der Waals surface area contributed by atoms with E-state index in [0.717, 1.165) is 10.8 Å². The normalized spacial score (nSPS) is 11.0. The Labute approximate surface area is 119 Å². The molecule has 2 aromatic rings. The van der Waals surface area contributed by atoms with Crippen molar-refractivity contribution in [3.05, 3.63) is 42.0 Å². The van der Waals surface area contributed by atoms with Crippen LogP contribution in [0.3, 0.4) is 0 Å². The molecule has 106 valence electrons. The SMILES string of the molecule is CC(=O)c1ccc2ccccc2c1OCCOC(C)C. The van der Waals surface area contributed by atoms with Crippen molar-refractivity contribution in [3.63, 3.8) is 0 Å². The molecule has 3 heteroatoms. The van der Waals surface area contributed by atoms with Crippen LogP contribution in [0.1, 0.15) is 31.1 Å². The molecule has 0 aliphatic rings. The van der Waals surface area contributed by atoms with Gasteiger partial charge in [-0.2, -0.15) is 0 Å². The zero-order chi connectivity index (χ0) is 14.5. The third-order valence-electron chi connectivity index (χ3n) is 3.04. The summed E-state index contributed by atoms with van der Waals surface area (Å²) in [6, 6.07) is 11.7. The van der Waals surface area contributed by atoms with Crippen molar-refractivity contribution >= 4 is 16.6 Å². The van der Waals surface area contributed by atoms with Crippen LogP contribution in [0.4, 0.5) is 0 Å². The van der Waals surface area contributed by atoms with Crippen molar-refractivity contribution < 1.29 is 14.3 Å². The van der Waals surface area contributed by atoms with Gasteiger partial charge in [-0.15, -0.1) is 0 Å². The average molecular weight is 272 g/mol. The maximum atomic E-state index is 11.7. The fraction of sp³-hybridized carbons (Fsp3) is 0.353. The van der Waals surface area contributed by atoms with E-state index in [1.807, 2.05) is 50.2 Å². The van der Waals surface area contributed by atoms with Crippen LogP contribution in [0, 0.1) is 0 Å². The monoisotopic (exact) mass is 272 g/mol. The predicted molar refractivity (Wildman–Crippen MR) is 80.5 cm³/mol. The molecular weight excluding hydrogens is 252 g/mol. The number of hydrogen-bond acceptors (Lipinski definition) is 3. The Kier molecular flexibility index (Phi) is 4.74. The number of carbonyl (C=O) groups excluding carboxylic acids is 1. The van der Waals surface area contributed by atoms with Crippen molar-refractivity contribution in [2.45, 2.75) is 26.9 Å². The highest BCUT2D eigenvalue weighted by atomic mass is 16.5. The second-order valence-corrected chi connectivity index (χ2v) is 4.99. The number of benzene rings is 2. The zero-order valence-corrected chi connectivity index (χ0v) is 12.2. The number of hydrogen-bond donors (Lipinski definition) is 0. The lowest BCUT2D eigenvalue weighted by molar-refractivity contribution is 0.0553. The number of fused-ring (bicyclic) bond motifs is 1. The fourth-order valence-corrected chi connectivity index (χ4v) is 2.10. The van der Waals surface area contributed by atoms with E-state index < -0.39 is 0 Å². The molecule has 0 saturated carbocycles. The Morgan fingerprint density at radius 1 is 1.10 bits per heavy atom. The van der Waals surface area contributed by atoms with E-state index in [1.54, 1.807) is 6.92 Å². The van der Waals surface area contributed by atoms with Crippen LogP contribution in [0.5, 0.6) is 5.75 Å². The molecule has 0 amide bonds. The van der Waals surface area contributed by atoms with Gasteiger partial charge in [-0.1, -0.05) is 30.3 Å². The summed E-state index contributed by atoms with van der Waals surface area (Å²) < 4.78 is 11.3. The highest BCUT2D eigenvalue weighted by Crippen LogP contribution is 2.30. The van der Waals surface area contributed by atoms with E-state index in [2.05, 4.69) is 0 Å². The quantitative estimate of drug-likeness (QED) is 0.592. The van der Waals surface area contributed by atoms with Gasteiger partial charge in [0.15, 0.2) is 5.78 Å². The lowest BCUT2D eigenvalue weighted by atomic mass is 10.0. The second-order valence-electron chi connectivity index (χ2n) is 4.99. The highest BCUT2D eigenvalue weighted by Gasteiger charge is 2.12. The molecule has 0 aliphatic heterocycles. The van der Waals surface area contributed by atoms with E-state index in [9.17, 15) is 4.79 Å². The lowest BCUT2D eigenvalue weighted by Crippen LogP contribution is -2.12. The molecule has 0 spiro atoms. The Morgan fingerprint density at radius 2 is 1.85 bits per heavy atom. The van der Waals surface area contributed by atoms with Crippen LogP contribution < -0.4 is 4.74 Å². The van der Waals surface area contributed by atoms with Gasteiger partial charge in [0.1, 0.15) is 12.4 Å². The molecule has 0 aliphatic carbocycles. The number of rotatable bonds is 6. The zero-order valence-electron chi connectivity index (χ0n) is 12.2.